The maximum atomic E-state index is 13.0. The van der Waals surface area contributed by atoms with E-state index in [1.165, 1.54) is 10.4 Å². The molecule has 1 saturated heterocycles. The average Bonchev–Trinajstić information content (AvgIpc) is 2.79. The van der Waals surface area contributed by atoms with E-state index in [-0.39, 0.29) is 23.4 Å². The highest BCUT2D eigenvalue weighted by Crippen LogP contribution is 2.33. The molecule has 0 radical (unpaired) electrons. The quantitative estimate of drug-likeness (QED) is 0.727. The molecule has 0 saturated carbocycles. The zero-order chi connectivity index (χ0) is 21.8. The fraction of sp³-hybridized carbons (Fsp3) is 0.409. The normalized spacial score (nSPS) is 18.4. The molecule has 2 aliphatic heterocycles. The fourth-order valence-corrected chi connectivity index (χ4v) is 5.21. The van der Waals surface area contributed by atoms with Gasteiger partial charge in [-0.25, -0.2) is 8.42 Å². The van der Waals surface area contributed by atoms with E-state index in [1.807, 2.05) is 42.2 Å². The first-order chi connectivity index (χ1) is 14.9. The Morgan fingerprint density at radius 2 is 1.68 bits per heavy atom. The molecule has 1 amide bonds. The van der Waals surface area contributed by atoms with E-state index in [2.05, 4.69) is 5.32 Å². The minimum Gasteiger partial charge on any atom is -0.486 e. The lowest BCUT2D eigenvalue weighted by atomic mass is 10.1. The van der Waals surface area contributed by atoms with Crippen LogP contribution in [0, 0.1) is 0 Å². The number of rotatable bonds is 6. The zero-order valence-electron chi connectivity index (χ0n) is 17.5. The third-order valence-corrected chi connectivity index (χ3v) is 7.42. The van der Waals surface area contributed by atoms with Crippen LogP contribution in [0.1, 0.15) is 18.5 Å². The smallest absolute Gasteiger partial charge is 0.243 e. The lowest BCUT2D eigenvalue weighted by Gasteiger charge is -2.33. The molecule has 9 heteroatoms. The van der Waals surface area contributed by atoms with Crippen molar-refractivity contribution in [2.24, 2.45) is 0 Å². The van der Waals surface area contributed by atoms with Crippen LogP contribution >= 0.6 is 0 Å². The lowest BCUT2D eigenvalue weighted by Crippen LogP contribution is -2.51. The highest BCUT2D eigenvalue weighted by atomic mass is 32.2. The van der Waals surface area contributed by atoms with Gasteiger partial charge >= 0.3 is 0 Å². The number of amides is 1. The second-order valence-corrected chi connectivity index (χ2v) is 9.62. The van der Waals surface area contributed by atoms with E-state index in [0.717, 1.165) is 5.56 Å². The van der Waals surface area contributed by atoms with Gasteiger partial charge < -0.3 is 14.8 Å². The molecule has 4 rings (SSSR count). The molecule has 166 valence electrons. The maximum absolute atomic E-state index is 13.0. The number of fused-ring (bicyclic) bond motifs is 1. The molecular formula is C22H27N3O5S. The molecule has 1 atom stereocenters. The third-order valence-electron chi connectivity index (χ3n) is 5.53. The van der Waals surface area contributed by atoms with Crippen molar-refractivity contribution in [1.82, 2.24) is 14.5 Å². The van der Waals surface area contributed by atoms with Gasteiger partial charge in [0.15, 0.2) is 11.5 Å². The predicted octanol–water partition coefficient (Wildman–Crippen LogP) is 1.64. The first kappa shape index (κ1) is 21.6. The number of nitrogens with zero attached hydrogens (tertiary/aromatic N) is 2. The molecule has 1 unspecified atom stereocenters. The molecule has 8 nitrogen and oxygen atoms in total. The Bertz CT molecular complexity index is 1020. The van der Waals surface area contributed by atoms with E-state index in [1.54, 1.807) is 12.1 Å². The SMILES string of the molecule is CC(NC(=O)CN1CCN(S(=O)(=O)c2ccc3c(c2)OCCO3)CC1)c1ccccc1. The van der Waals surface area contributed by atoms with Crippen molar-refractivity contribution in [1.29, 1.82) is 0 Å². The molecule has 2 aromatic rings. The first-order valence-corrected chi connectivity index (χ1v) is 11.8. The van der Waals surface area contributed by atoms with Crippen LogP contribution in [0.15, 0.2) is 53.4 Å². The number of nitrogens with one attached hydrogen (secondary N) is 1. The topological polar surface area (TPSA) is 88.2 Å². The Morgan fingerprint density at radius 3 is 2.39 bits per heavy atom. The lowest BCUT2D eigenvalue weighted by molar-refractivity contribution is -0.123. The summed E-state index contributed by atoms with van der Waals surface area (Å²) < 4.78 is 38.5. The van der Waals surface area contributed by atoms with Crippen molar-refractivity contribution in [3.05, 3.63) is 54.1 Å². The summed E-state index contributed by atoms with van der Waals surface area (Å²) in [5.74, 6) is 0.945. The van der Waals surface area contributed by atoms with Crippen molar-refractivity contribution in [3.8, 4) is 11.5 Å². The molecule has 0 aliphatic carbocycles. The molecular weight excluding hydrogens is 418 g/mol. The van der Waals surface area contributed by atoms with E-state index in [9.17, 15) is 13.2 Å². The van der Waals surface area contributed by atoms with Gasteiger partial charge in [-0.1, -0.05) is 30.3 Å². The van der Waals surface area contributed by atoms with Gasteiger partial charge in [0, 0.05) is 32.2 Å². The molecule has 0 aromatic heterocycles. The van der Waals surface area contributed by atoms with Crippen molar-refractivity contribution < 1.29 is 22.7 Å². The summed E-state index contributed by atoms with van der Waals surface area (Å²) in [6.45, 7) is 4.71. The zero-order valence-corrected chi connectivity index (χ0v) is 18.3. The minimum absolute atomic E-state index is 0.0699. The van der Waals surface area contributed by atoms with Gasteiger partial charge in [-0.05, 0) is 24.6 Å². The summed E-state index contributed by atoms with van der Waals surface area (Å²) in [6, 6.07) is 14.4. The number of piperazine rings is 1. The summed E-state index contributed by atoms with van der Waals surface area (Å²) in [5, 5.41) is 3.00. The second-order valence-electron chi connectivity index (χ2n) is 7.69. The van der Waals surface area contributed by atoms with Gasteiger partial charge in [0.05, 0.1) is 17.5 Å². The average molecular weight is 446 g/mol. The number of carbonyl (C=O) groups excluding carboxylic acids is 1. The Morgan fingerprint density at radius 1 is 1.00 bits per heavy atom. The molecule has 1 fully saturated rings. The fourth-order valence-electron chi connectivity index (χ4n) is 3.78. The van der Waals surface area contributed by atoms with Crippen molar-refractivity contribution in [2.45, 2.75) is 17.9 Å². The van der Waals surface area contributed by atoms with E-state index in [4.69, 9.17) is 9.47 Å². The Labute approximate surface area is 182 Å². The molecule has 2 aromatic carbocycles. The van der Waals surface area contributed by atoms with Crippen LogP contribution in [0.25, 0.3) is 0 Å². The Balaban J connectivity index is 1.31. The Kier molecular flexibility index (Phi) is 6.45. The predicted molar refractivity (Wildman–Crippen MR) is 116 cm³/mol. The van der Waals surface area contributed by atoms with Crippen LogP contribution in [0.3, 0.4) is 0 Å². The van der Waals surface area contributed by atoms with Crippen molar-refractivity contribution >= 4 is 15.9 Å². The van der Waals surface area contributed by atoms with Crippen molar-refractivity contribution in [2.75, 3.05) is 45.9 Å². The Hall–Kier alpha value is -2.62. The number of hydrogen-bond donors (Lipinski definition) is 1. The summed E-state index contributed by atoms with van der Waals surface area (Å²) in [5.41, 5.74) is 1.05. The third kappa shape index (κ3) is 5.00. The van der Waals surface area contributed by atoms with Gasteiger partial charge in [-0.15, -0.1) is 0 Å². The molecule has 0 spiro atoms. The van der Waals surface area contributed by atoms with Gasteiger partial charge in [0.1, 0.15) is 13.2 Å². The number of ether oxygens (including phenoxy) is 2. The highest BCUT2D eigenvalue weighted by Gasteiger charge is 2.30. The summed E-state index contributed by atoms with van der Waals surface area (Å²) in [4.78, 5) is 14.6. The maximum Gasteiger partial charge on any atom is 0.243 e. The van der Waals surface area contributed by atoms with Gasteiger partial charge in [0.25, 0.3) is 0 Å². The van der Waals surface area contributed by atoms with Crippen LogP contribution in [0.5, 0.6) is 11.5 Å². The number of carbonyl (C=O) groups is 1. The molecule has 1 N–H and O–H groups in total. The van der Waals surface area contributed by atoms with Gasteiger partial charge in [-0.2, -0.15) is 4.31 Å². The number of sulfonamides is 1. The van der Waals surface area contributed by atoms with Crippen LogP contribution in [-0.2, 0) is 14.8 Å². The summed E-state index contributed by atoms with van der Waals surface area (Å²) in [6.07, 6.45) is 0. The molecule has 2 aliphatic rings. The standard InChI is InChI=1S/C22H27N3O5S/c1-17(18-5-3-2-4-6-18)23-22(26)16-24-9-11-25(12-10-24)31(27,28)19-7-8-20-21(15-19)30-14-13-29-20/h2-8,15,17H,9-14,16H2,1H3,(H,23,26). The molecule has 0 bridgehead atoms. The molecule has 2 heterocycles. The van der Waals surface area contributed by atoms with Crippen LogP contribution < -0.4 is 14.8 Å². The van der Waals surface area contributed by atoms with Gasteiger partial charge in [-0.3, -0.25) is 9.69 Å². The largest absolute Gasteiger partial charge is 0.486 e. The second kappa shape index (κ2) is 9.25. The minimum atomic E-state index is -3.63. The summed E-state index contributed by atoms with van der Waals surface area (Å²) in [7, 11) is -3.63. The van der Waals surface area contributed by atoms with Gasteiger partial charge in [0.2, 0.25) is 15.9 Å². The monoisotopic (exact) mass is 445 g/mol. The van der Waals surface area contributed by atoms with Crippen molar-refractivity contribution in [3.63, 3.8) is 0 Å². The summed E-state index contributed by atoms with van der Waals surface area (Å²) >= 11 is 0. The van der Waals surface area contributed by atoms with Crippen LogP contribution in [-0.4, -0.2) is 69.5 Å². The molecule has 31 heavy (non-hydrogen) atoms. The highest BCUT2D eigenvalue weighted by molar-refractivity contribution is 7.89. The van der Waals surface area contributed by atoms with Crippen LogP contribution in [0.4, 0.5) is 0 Å². The first-order valence-electron chi connectivity index (χ1n) is 10.4. The number of hydrogen-bond acceptors (Lipinski definition) is 6. The van der Waals surface area contributed by atoms with E-state index >= 15 is 0 Å². The van der Waals surface area contributed by atoms with E-state index in [0.29, 0.717) is 50.9 Å². The number of benzene rings is 2. The van der Waals surface area contributed by atoms with Crippen LogP contribution in [0.2, 0.25) is 0 Å². The van der Waals surface area contributed by atoms with E-state index < -0.39 is 10.0 Å².